The van der Waals surface area contributed by atoms with Crippen LogP contribution in [0.5, 0.6) is 0 Å². The Bertz CT molecular complexity index is 1250. The zero-order chi connectivity index (χ0) is 22.1. The summed E-state index contributed by atoms with van der Waals surface area (Å²) in [5.74, 6) is -2.52. The van der Waals surface area contributed by atoms with Crippen LogP contribution in [-0.4, -0.2) is 14.3 Å². The Kier molecular flexibility index (Phi) is 6.09. The number of sulfonamides is 1. The molecule has 0 spiro atoms. The Morgan fingerprint density at radius 1 is 0.933 bits per heavy atom. The number of aryl methyl sites for hydroxylation is 2. The molecule has 0 saturated heterocycles. The van der Waals surface area contributed by atoms with Crippen LogP contribution in [0.3, 0.4) is 0 Å². The molecule has 0 aliphatic carbocycles. The Hall–Kier alpha value is -2.97. The minimum atomic E-state index is -4.11. The van der Waals surface area contributed by atoms with Crippen LogP contribution in [0.2, 0.25) is 5.02 Å². The van der Waals surface area contributed by atoms with Crippen molar-refractivity contribution >= 4 is 38.9 Å². The van der Waals surface area contributed by atoms with Crippen LogP contribution in [-0.2, 0) is 10.0 Å². The first-order valence-corrected chi connectivity index (χ1v) is 10.6. The van der Waals surface area contributed by atoms with E-state index in [0.29, 0.717) is 17.3 Å². The molecule has 2 N–H and O–H groups in total. The van der Waals surface area contributed by atoms with Gasteiger partial charge in [0.25, 0.3) is 15.9 Å². The fourth-order valence-corrected chi connectivity index (χ4v) is 4.33. The van der Waals surface area contributed by atoms with Crippen molar-refractivity contribution in [3.63, 3.8) is 0 Å². The molecule has 5 nitrogen and oxygen atoms in total. The van der Waals surface area contributed by atoms with Crippen LogP contribution < -0.4 is 10.0 Å². The highest BCUT2D eigenvalue weighted by Crippen LogP contribution is 2.27. The fraction of sp³-hybridized carbons (Fsp3) is 0.0952. The highest BCUT2D eigenvalue weighted by molar-refractivity contribution is 7.92. The van der Waals surface area contributed by atoms with Gasteiger partial charge < -0.3 is 5.32 Å². The molecule has 0 aliphatic rings. The summed E-state index contributed by atoms with van der Waals surface area (Å²) in [4.78, 5) is 12.2. The van der Waals surface area contributed by atoms with Crippen LogP contribution in [0.4, 0.5) is 20.2 Å². The number of carbonyl (C=O) groups excluding carboxylic acids is 1. The van der Waals surface area contributed by atoms with E-state index in [-0.39, 0.29) is 21.2 Å². The average Bonchev–Trinajstić information content (AvgIpc) is 2.67. The maximum atomic E-state index is 13.8. The molecule has 0 saturated carbocycles. The third kappa shape index (κ3) is 4.77. The molecule has 9 heteroatoms. The Labute approximate surface area is 177 Å². The number of anilines is 2. The fourth-order valence-electron chi connectivity index (χ4n) is 2.68. The molecule has 0 aliphatic heterocycles. The number of benzene rings is 3. The first kappa shape index (κ1) is 21.7. The van der Waals surface area contributed by atoms with Gasteiger partial charge in [-0.05, 0) is 61.4 Å². The van der Waals surface area contributed by atoms with E-state index < -0.39 is 27.6 Å². The number of nitrogens with one attached hydrogen (secondary N) is 2. The minimum absolute atomic E-state index is 0.0653. The lowest BCUT2D eigenvalue weighted by Gasteiger charge is -2.13. The molecule has 0 radical (unpaired) electrons. The smallest absolute Gasteiger partial charge is 0.263 e. The van der Waals surface area contributed by atoms with Gasteiger partial charge in [0.2, 0.25) is 0 Å². The van der Waals surface area contributed by atoms with Gasteiger partial charge in [0.1, 0.15) is 16.5 Å². The summed E-state index contributed by atoms with van der Waals surface area (Å²) in [6, 6.07) is 11.6. The van der Waals surface area contributed by atoms with Gasteiger partial charge in [-0.25, -0.2) is 17.2 Å². The lowest BCUT2D eigenvalue weighted by molar-refractivity contribution is 0.102. The Morgan fingerprint density at radius 2 is 1.67 bits per heavy atom. The quantitative estimate of drug-likeness (QED) is 0.554. The van der Waals surface area contributed by atoms with E-state index in [4.69, 9.17) is 11.6 Å². The van der Waals surface area contributed by atoms with Crippen molar-refractivity contribution in [3.05, 3.63) is 87.9 Å². The van der Waals surface area contributed by atoms with Gasteiger partial charge in [0.15, 0.2) is 0 Å². The molecule has 3 aromatic carbocycles. The van der Waals surface area contributed by atoms with Crippen molar-refractivity contribution in [2.24, 2.45) is 0 Å². The second-order valence-electron chi connectivity index (χ2n) is 6.65. The van der Waals surface area contributed by atoms with Gasteiger partial charge in [-0.15, -0.1) is 0 Å². The molecule has 3 aromatic rings. The summed E-state index contributed by atoms with van der Waals surface area (Å²) >= 11 is 6.07. The summed E-state index contributed by atoms with van der Waals surface area (Å²) in [5.41, 5.74) is 1.65. The molecule has 30 heavy (non-hydrogen) atoms. The SMILES string of the molecule is Cc1ccc(C)c(NS(=O)(=O)c2cc(C(=O)Nc3ccc(F)cc3F)ccc2Cl)c1. The number of amides is 1. The van der Waals surface area contributed by atoms with E-state index in [2.05, 4.69) is 10.0 Å². The molecular weight excluding hydrogens is 434 g/mol. The van der Waals surface area contributed by atoms with Gasteiger partial charge in [0.05, 0.1) is 16.4 Å². The maximum Gasteiger partial charge on any atom is 0.263 e. The molecule has 0 unspecified atom stereocenters. The van der Waals surface area contributed by atoms with Crippen molar-refractivity contribution < 1.29 is 22.0 Å². The summed E-state index contributed by atoms with van der Waals surface area (Å²) in [5, 5.41) is 2.19. The van der Waals surface area contributed by atoms with E-state index in [9.17, 15) is 22.0 Å². The van der Waals surface area contributed by atoms with Crippen molar-refractivity contribution in [2.45, 2.75) is 18.7 Å². The zero-order valence-corrected chi connectivity index (χ0v) is 17.5. The summed E-state index contributed by atoms with van der Waals surface area (Å²) < 4.78 is 55.1. The van der Waals surface area contributed by atoms with Gasteiger partial charge >= 0.3 is 0 Å². The van der Waals surface area contributed by atoms with E-state index in [0.717, 1.165) is 23.8 Å². The number of hydrogen-bond donors (Lipinski definition) is 2. The highest BCUT2D eigenvalue weighted by atomic mass is 35.5. The maximum absolute atomic E-state index is 13.8. The lowest BCUT2D eigenvalue weighted by Crippen LogP contribution is -2.17. The van der Waals surface area contributed by atoms with Crippen molar-refractivity contribution in [1.29, 1.82) is 0 Å². The summed E-state index contributed by atoms with van der Waals surface area (Å²) in [6.45, 7) is 3.57. The molecule has 0 bridgehead atoms. The second-order valence-corrected chi connectivity index (χ2v) is 8.71. The summed E-state index contributed by atoms with van der Waals surface area (Å²) in [7, 11) is -4.11. The normalized spacial score (nSPS) is 11.2. The number of rotatable bonds is 5. The molecule has 156 valence electrons. The van der Waals surface area contributed by atoms with E-state index in [1.54, 1.807) is 19.1 Å². The van der Waals surface area contributed by atoms with E-state index in [1.165, 1.54) is 12.1 Å². The van der Waals surface area contributed by atoms with Crippen LogP contribution in [0.25, 0.3) is 0 Å². The summed E-state index contributed by atoms with van der Waals surface area (Å²) in [6.07, 6.45) is 0. The van der Waals surface area contributed by atoms with Gasteiger partial charge in [-0.2, -0.15) is 0 Å². The first-order valence-electron chi connectivity index (χ1n) is 8.73. The molecule has 0 atom stereocenters. The number of carbonyl (C=O) groups is 1. The van der Waals surface area contributed by atoms with Crippen molar-refractivity contribution in [3.8, 4) is 0 Å². The second kappa shape index (κ2) is 8.41. The predicted octanol–water partition coefficient (Wildman–Crippen LogP) is 5.29. The minimum Gasteiger partial charge on any atom is -0.319 e. The van der Waals surface area contributed by atoms with Crippen LogP contribution in [0.15, 0.2) is 59.5 Å². The molecule has 3 rings (SSSR count). The average molecular weight is 451 g/mol. The first-order chi connectivity index (χ1) is 14.1. The van der Waals surface area contributed by atoms with Gasteiger partial charge in [-0.3, -0.25) is 9.52 Å². The predicted molar refractivity (Wildman–Crippen MR) is 112 cm³/mol. The van der Waals surface area contributed by atoms with E-state index >= 15 is 0 Å². The highest BCUT2D eigenvalue weighted by Gasteiger charge is 2.21. The third-order valence-electron chi connectivity index (χ3n) is 4.30. The number of hydrogen-bond acceptors (Lipinski definition) is 3. The van der Waals surface area contributed by atoms with Crippen LogP contribution >= 0.6 is 11.6 Å². The largest absolute Gasteiger partial charge is 0.319 e. The molecule has 0 aromatic heterocycles. The van der Waals surface area contributed by atoms with Gasteiger partial charge in [-0.1, -0.05) is 23.7 Å². The van der Waals surface area contributed by atoms with Crippen molar-refractivity contribution in [1.82, 2.24) is 0 Å². The molecule has 0 fully saturated rings. The van der Waals surface area contributed by atoms with Crippen molar-refractivity contribution in [2.75, 3.05) is 10.0 Å². The Balaban J connectivity index is 1.92. The van der Waals surface area contributed by atoms with Crippen LogP contribution in [0.1, 0.15) is 21.5 Å². The molecule has 1 amide bonds. The van der Waals surface area contributed by atoms with E-state index in [1.807, 2.05) is 13.0 Å². The van der Waals surface area contributed by atoms with Crippen LogP contribution in [0, 0.1) is 25.5 Å². The van der Waals surface area contributed by atoms with Gasteiger partial charge in [0, 0.05) is 11.6 Å². The lowest BCUT2D eigenvalue weighted by atomic mass is 10.1. The topological polar surface area (TPSA) is 75.3 Å². The monoisotopic (exact) mass is 450 g/mol. The Morgan fingerprint density at radius 3 is 2.37 bits per heavy atom. The molecule has 0 heterocycles. The molecular formula is C21H17ClF2N2O3S. The third-order valence-corrected chi connectivity index (χ3v) is 6.15. The standard InChI is InChI=1S/C21H17ClF2N2O3S/c1-12-3-4-13(2)19(9-12)26-30(28,29)20-10-14(5-7-16(20)22)21(27)25-18-8-6-15(23)11-17(18)24/h3-11,26H,1-2H3,(H,25,27). The zero-order valence-electron chi connectivity index (χ0n) is 16.0. The number of halogens is 3.